The summed E-state index contributed by atoms with van der Waals surface area (Å²) in [5.41, 5.74) is 0.844. The van der Waals surface area contributed by atoms with Crippen LogP contribution in [0, 0.1) is 0 Å². The molecule has 4 heteroatoms. The van der Waals surface area contributed by atoms with E-state index in [1.165, 1.54) is 0 Å². The van der Waals surface area contributed by atoms with Gasteiger partial charge in [0.05, 0.1) is 12.7 Å². The van der Waals surface area contributed by atoms with Gasteiger partial charge in [-0.05, 0) is 36.6 Å². The minimum absolute atomic E-state index is 0.0235. The van der Waals surface area contributed by atoms with Crippen LogP contribution in [-0.4, -0.2) is 24.4 Å². The van der Waals surface area contributed by atoms with Crippen molar-refractivity contribution < 1.29 is 14.6 Å². The lowest BCUT2D eigenvalue weighted by atomic mass is 10.2. The van der Waals surface area contributed by atoms with Gasteiger partial charge in [-0.2, -0.15) is 0 Å². The Morgan fingerprint density at radius 1 is 1.44 bits per heavy atom. The molecule has 0 spiro atoms. The number of hydrogen-bond acceptors (Lipinski definition) is 3. The van der Waals surface area contributed by atoms with Crippen LogP contribution in [0.2, 0.25) is 0 Å². The third kappa shape index (κ3) is 3.20. The molecular weight excluding hydrogens is 272 g/mol. The SMILES string of the molecule is OCc1cc(Br)cc(OCC2CCCO2)c1. The molecule has 1 aliphatic rings. The van der Waals surface area contributed by atoms with Crippen LogP contribution < -0.4 is 4.74 Å². The van der Waals surface area contributed by atoms with Crippen molar-refractivity contribution in [2.24, 2.45) is 0 Å². The summed E-state index contributed by atoms with van der Waals surface area (Å²) < 4.78 is 12.0. The largest absolute Gasteiger partial charge is 0.491 e. The average molecular weight is 287 g/mol. The molecule has 0 aliphatic carbocycles. The Hall–Kier alpha value is -0.580. The maximum Gasteiger partial charge on any atom is 0.120 e. The van der Waals surface area contributed by atoms with E-state index in [1.54, 1.807) is 0 Å². The molecule has 1 saturated heterocycles. The van der Waals surface area contributed by atoms with Crippen LogP contribution in [0.15, 0.2) is 22.7 Å². The first-order valence-corrected chi connectivity index (χ1v) is 6.22. The number of benzene rings is 1. The Labute approximate surface area is 104 Å². The van der Waals surface area contributed by atoms with Crippen molar-refractivity contribution in [3.8, 4) is 5.75 Å². The minimum atomic E-state index is 0.0235. The molecular formula is C12H15BrO3. The zero-order chi connectivity index (χ0) is 11.4. The average Bonchev–Trinajstić information content (AvgIpc) is 2.78. The summed E-state index contributed by atoms with van der Waals surface area (Å²) in [6.07, 6.45) is 2.41. The Morgan fingerprint density at radius 3 is 3.00 bits per heavy atom. The van der Waals surface area contributed by atoms with Crippen molar-refractivity contribution in [1.29, 1.82) is 0 Å². The van der Waals surface area contributed by atoms with Crippen LogP contribution in [0.25, 0.3) is 0 Å². The maximum absolute atomic E-state index is 9.07. The van der Waals surface area contributed by atoms with Gasteiger partial charge in [-0.15, -0.1) is 0 Å². The second kappa shape index (κ2) is 5.66. The van der Waals surface area contributed by atoms with E-state index in [0.29, 0.717) is 6.61 Å². The molecule has 1 aromatic rings. The third-order valence-corrected chi connectivity index (χ3v) is 3.03. The van der Waals surface area contributed by atoms with Crippen LogP contribution in [0.5, 0.6) is 5.75 Å². The minimum Gasteiger partial charge on any atom is -0.491 e. The monoisotopic (exact) mass is 286 g/mol. The van der Waals surface area contributed by atoms with E-state index in [0.717, 1.165) is 35.2 Å². The molecule has 1 unspecified atom stereocenters. The molecule has 2 rings (SSSR count). The van der Waals surface area contributed by atoms with Gasteiger partial charge in [-0.25, -0.2) is 0 Å². The van der Waals surface area contributed by atoms with Gasteiger partial charge in [-0.3, -0.25) is 0 Å². The molecule has 0 aromatic heterocycles. The van der Waals surface area contributed by atoms with Crippen LogP contribution in [0.4, 0.5) is 0 Å². The first kappa shape index (κ1) is 11.9. The summed E-state index contributed by atoms with van der Waals surface area (Å²) in [5.74, 6) is 0.772. The van der Waals surface area contributed by atoms with E-state index >= 15 is 0 Å². The fourth-order valence-corrected chi connectivity index (χ4v) is 2.28. The number of aliphatic hydroxyl groups excluding tert-OH is 1. The molecule has 88 valence electrons. The normalized spacial score (nSPS) is 20.0. The van der Waals surface area contributed by atoms with Crippen LogP contribution in [0.1, 0.15) is 18.4 Å². The van der Waals surface area contributed by atoms with Crippen LogP contribution in [-0.2, 0) is 11.3 Å². The molecule has 0 bridgehead atoms. The molecule has 1 heterocycles. The quantitative estimate of drug-likeness (QED) is 0.924. The molecule has 0 saturated carbocycles. The second-order valence-corrected chi connectivity index (χ2v) is 4.82. The summed E-state index contributed by atoms with van der Waals surface area (Å²) >= 11 is 3.38. The van der Waals surface area contributed by atoms with Crippen molar-refractivity contribution in [3.05, 3.63) is 28.2 Å². The Bertz CT molecular complexity index is 348. The zero-order valence-corrected chi connectivity index (χ0v) is 10.6. The van der Waals surface area contributed by atoms with E-state index in [9.17, 15) is 0 Å². The van der Waals surface area contributed by atoms with Crippen molar-refractivity contribution >= 4 is 15.9 Å². The van der Waals surface area contributed by atoms with Gasteiger partial charge in [0, 0.05) is 11.1 Å². The molecule has 16 heavy (non-hydrogen) atoms. The lowest BCUT2D eigenvalue weighted by Crippen LogP contribution is -2.16. The molecule has 1 aliphatic heterocycles. The topological polar surface area (TPSA) is 38.7 Å². The van der Waals surface area contributed by atoms with Gasteiger partial charge in [0.25, 0.3) is 0 Å². The Balaban J connectivity index is 1.94. The van der Waals surface area contributed by atoms with Crippen LogP contribution >= 0.6 is 15.9 Å². The van der Waals surface area contributed by atoms with E-state index in [1.807, 2.05) is 18.2 Å². The van der Waals surface area contributed by atoms with Crippen molar-refractivity contribution in [3.63, 3.8) is 0 Å². The van der Waals surface area contributed by atoms with Gasteiger partial charge in [-0.1, -0.05) is 15.9 Å². The highest BCUT2D eigenvalue weighted by atomic mass is 79.9. The number of aliphatic hydroxyl groups is 1. The van der Waals surface area contributed by atoms with Crippen LogP contribution in [0.3, 0.4) is 0 Å². The van der Waals surface area contributed by atoms with E-state index in [4.69, 9.17) is 14.6 Å². The summed E-state index contributed by atoms with van der Waals surface area (Å²) in [6.45, 7) is 1.45. The highest BCUT2D eigenvalue weighted by Gasteiger charge is 2.16. The highest BCUT2D eigenvalue weighted by Crippen LogP contribution is 2.22. The van der Waals surface area contributed by atoms with Crippen molar-refractivity contribution in [2.45, 2.75) is 25.6 Å². The lowest BCUT2D eigenvalue weighted by Gasteiger charge is -2.12. The predicted octanol–water partition coefficient (Wildman–Crippen LogP) is 2.50. The first-order chi connectivity index (χ1) is 7.78. The molecule has 3 nitrogen and oxygen atoms in total. The van der Waals surface area contributed by atoms with E-state index < -0.39 is 0 Å². The summed E-state index contributed by atoms with van der Waals surface area (Å²) in [6, 6.07) is 5.62. The third-order valence-electron chi connectivity index (χ3n) is 2.57. The second-order valence-electron chi connectivity index (χ2n) is 3.90. The summed E-state index contributed by atoms with van der Waals surface area (Å²) in [4.78, 5) is 0. The van der Waals surface area contributed by atoms with Gasteiger partial charge < -0.3 is 14.6 Å². The zero-order valence-electron chi connectivity index (χ0n) is 8.99. The number of ether oxygens (including phenoxy) is 2. The standard InChI is InChI=1S/C12H15BrO3/c13-10-4-9(7-14)5-12(6-10)16-8-11-2-1-3-15-11/h4-6,11,14H,1-3,7-8H2. The van der Waals surface area contributed by atoms with Gasteiger partial charge in [0.1, 0.15) is 12.4 Å². The van der Waals surface area contributed by atoms with Gasteiger partial charge in [0.15, 0.2) is 0 Å². The van der Waals surface area contributed by atoms with Gasteiger partial charge in [0.2, 0.25) is 0 Å². The maximum atomic E-state index is 9.07. The van der Waals surface area contributed by atoms with Crippen molar-refractivity contribution in [1.82, 2.24) is 0 Å². The van der Waals surface area contributed by atoms with Crippen molar-refractivity contribution in [2.75, 3.05) is 13.2 Å². The number of hydrogen-bond donors (Lipinski definition) is 1. The predicted molar refractivity (Wildman–Crippen MR) is 64.5 cm³/mol. The summed E-state index contributed by atoms with van der Waals surface area (Å²) in [5, 5.41) is 9.07. The molecule has 0 radical (unpaired) electrons. The van der Waals surface area contributed by atoms with Gasteiger partial charge >= 0.3 is 0 Å². The molecule has 0 amide bonds. The Morgan fingerprint density at radius 2 is 2.31 bits per heavy atom. The molecule has 1 atom stereocenters. The smallest absolute Gasteiger partial charge is 0.120 e. The fraction of sp³-hybridized carbons (Fsp3) is 0.500. The fourth-order valence-electron chi connectivity index (χ4n) is 1.76. The number of rotatable bonds is 4. The highest BCUT2D eigenvalue weighted by molar-refractivity contribution is 9.10. The number of halogens is 1. The summed E-state index contributed by atoms with van der Waals surface area (Å²) in [7, 11) is 0. The van der Waals surface area contributed by atoms with E-state index in [-0.39, 0.29) is 12.7 Å². The lowest BCUT2D eigenvalue weighted by molar-refractivity contribution is 0.0679. The Kier molecular flexibility index (Phi) is 4.21. The molecule has 1 aromatic carbocycles. The molecule has 1 N–H and O–H groups in total. The molecule has 1 fully saturated rings. The van der Waals surface area contributed by atoms with E-state index in [2.05, 4.69) is 15.9 Å². The first-order valence-electron chi connectivity index (χ1n) is 5.42.